The summed E-state index contributed by atoms with van der Waals surface area (Å²) >= 11 is 0. The van der Waals surface area contributed by atoms with E-state index in [4.69, 9.17) is 0 Å². The van der Waals surface area contributed by atoms with E-state index in [-0.39, 0.29) is 17.8 Å². The maximum Gasteiger partial charge on any atom is 0.254 e. The molecule has 23 heavy (non-hydrogen) atoms. The average molecular weight is 310 g/mol. The molecule has 0 aliphatic carbocycles. The van der Waals surface area contributed by atoms with Crippen molar-refractivity contribution in [3.8, 4) is 0 Å². The van der Waals surface area contributed by atoms with Crippen molar-refractivity contribution in [2.24, 2.45) is 0 Å². The maximum absolute atomic E-state index is 13.4. The summed E-state index contributed by atoms with van der Waals surface area (Å²) in [6.45, 7) is 3.36. The molecular formula is C19H19FN2O. The Labute approximate surface area is 135 Å². The summed E-state index contributed by atoms with van der Waals surface area (Å²) in [7, 11) is 0. The Kier molecular flexibility index (Phi) is 3.62. The third-order valence-corrected chi connectivity index (χ3v) is 4.83. The van der Waals surface area contributed by atoms with Crippen LogP contribution in [0.2, 0.25) is 0 Å². The monoisotopic (exact) mass is 310 g/mol. The van der Waals surface area contributed by atoms with Crippen molar-refractivity contribution in [2.45, 2.75) is 19.0 Å². The first-order chi connectivity index (χ1) is 11.2. The minimum absolute atomic E-state index is 0.0184. The highest BCUT2D eigenvalue weighted by Gasteiger charge is 2.36. The van der Waals surface area contributed by atoms with Crippen LogP contribution in [-0.2, 0) is 13.0 Å². The molecule has 1 amide bonds. The first-order valence-corrected chi connectivity index (χ1v) is 8.06. The number of amides is 1. The molecule has 0 aromatic heterocycles. The molecule has 0 radical (unpaired) electrons. The summed E-state index contributed by atoms with van der Waals surface area (Å²) in [5.74, 6) is -0.353. The van der Waals surface area contributed by atoms with E-state index in [1.54, 1.807) is 6.07 Å². The van der Waals surface area contributed by atoms with Gasteiger partial charge in [0.2, 0.25) is 0 Å². The number of piperazine rings is 1. The van der Waals surface area contributed by atoms with Crippen LogP contribution in [0, 0.1) is 5.82 Å². The predicted molar refractivity (Wildman–Crippen MR) is 86.6 cm³/mol. The fourth-order valence-electron chi connectivity index (χ4n) is 3.68. The van der Waals surface area contributed by atoms with Gasteiger partial charge in [-0.2, -0.15) is 0 Å². The van der Waals surface area contributed by atoms with Crippen LogP contribution < -0.4 is 0 Å². The van der Waals surface area contributed by atoms with Gasteiger partial charge in [0.25, 0.3) is 5.91 Å². The standard InChI is InChI=1S/C19H19FN2O/c20-16-7-6-15-10-17-13-21(12-14-4-2-1-3-5-14)8-9-22(17)19(23)18(15)11-16/h1-7,11,17H,8-10,12-13H2. The SMILES string of the molecule is O=C1c2cc(F)ccc2CC2CN(Cc3ccccc3)CCN12. The lowest BCUT2D eigenvalue weighted by Crippen LogP contribution is -2.57. The zero-order valence-electron chi connectivity index (χ0n) is 12.9. The third kappa shape index (κ3) is 2.75. The van der Waals surface area contributed by atoms with Crippen molar-refractivity contribution in [2.75, 3.05) is 19.6 Å². The van der Waals surface area contributed by atoms with E-state index in [1.165, 1.54) is 17.7 Å². The number of fused-ring (bicyclic) bond motifs is 2. The molecular weight excluding hydrogens is 291 g/mol. The van der Waals surface area contributed by atoms with E-state index in [2.05, 4.69) is 29.2 Å². The molecule has 4 heteroatoms. The van der Waals surface area contributed by atoms with E-state index in [1.807, 2.05) is 11.0 Å². The predicted octanol–water partition coefficient (Wildman–Crippen LogP) is 2.71. The molecule has 1 unspecified atom stereocenters. The number of rotatable bonds is 2. The second-order valence-corrected chi connectivity index (χ2v) is 6.38. The number of halogens is 1. The zero-order valence-corrected chi connectivity index (χ0v) is 12.9. The normalized spacial score (nSPS) is 21.0. The summed E-state index contributed by atoms with van der Waals surface area (Å²) < 4.78 is 13.4. The first-order valence-electron chi connectivity index (χ1n) is 8.06. The molecule has 0 spiro atoms. The summed E-state index contributed by atoms with van der Waals surface area (Å²) in [5, 5.41) is 0. The molecule has 0 N–H and O–H groups in total. The Morgan fingerprint density at radius 2 is 1.91 bits per heavy atom. The van der Waals surface area contributed by atoms with Crippen LogP contribution >= 0.6 is 0 Å². The minimum atomic E-state index is -0.335. The largest absolute Gasteiger partial charge is 0.333 e. The van der Waals surface area contributed by atoms with Gasteiger partial charge in [-0.1, -0.05) is 36.4 Å². The van der Waals surface area contributed by atoms with Crippen LogP contribution in [0.5, 0.6) is 0 Å². The van der Waals surface area contributed by atoms with Crippen LogP contribution in [0.1, 0.15) is 21.5 Å². The lowest BCUT2D eigenvalue weighted by molar-refractivity contribution is 0.0401. The second kappa shape index (κ2) is 5.78. The number of hydrogen-bond acceptors (Lipinski definition) is 2. The molecule has 2 aromatic carbocycles. The van der Waals surface area contributed by atoms with Crippen molar-refractivity contribution in [3.05, 3.63) is 71.0 Å². The van der Waals surface area contributed by atoms with Gasteiger partial charge >= 0.3 is 0 Å². The first kappa shape index (κ1) is 14.4. The molecule has 1 atom stereocenters. The average Bonchev–Trinajstić information content (AvgIpc) is 2.57. The minimum Gasteiger partial charge on any atom is -0.333 e. The third-order valence-electron chi connectivity index (χ3n) is 4.83. The van der Waals surface area contributed by atoms with Crippen LogP contribution in [0.25, 0.3) is 0 Å². The molecule has 2 aliphatic rings. The number of benzene rings is 2. The Bertz CT molecular complexity index is 731. The molecule has 1 saturated heterocycles. The molecule has 0 saturated carbocycles. The number of nitrogens with zero attached hydrogens (tertiary/aromatic N) is 2. The lowest BCUT2D eigenvalue weighted by Gasteiger charge is -2.44. The lowest BCUT2D eigenvalue weighted by atomic mass is 9.91. The second-order valence-electron chi connectivity index (χ2n) is 6.38. The Balaban J connectivity index is 1.52. The van der Waals surface area contributed by atoms with E-state index in [0.29, 0.717) is 12.1 Å². The molecule has 118 valence electrons. The molecule has 0 bridgehead atoms. The van der Waals surface area contributed by atoms with Gasteiger partial charge in [0.15, 0.2) is 0 Å². The topological polar surface area (TPSA) is 23.6 Å². The van der Waals surface area contributed by atoms with Crippen LogP contribution in [-0.4, -0.2) is 41.4 Å². The summed E-state index contributed by atoms with van der Waals surface area (Å²) in [6.07, 6.45) is 0.812. The van der Waals surface area contributed by atoms with Crippen LogP contribution in [0.3, 0.4) is 0 Å². The molecule has 2 heterocycles. The highest BCUT2D eigenvalue weighted by Crippen LogP contribution is 2.27. The van der Waals surface area contributed by atoms with Crippen LogP contribution in [0.15, 0.2) is 48.5 Å². The Morgan fingerprint density at radius 3 is 2.74 bits per heavy atom. The molecule has 2 aromatic rings. The van der Waals surface area contributed by atoms with Crippen molar-refractivity contribution in [1.29, 1.82) is 0 Å². The van der Waals surface area contributed by atoms with Crippen molar-refractivity contribution < 1.29 is 9.18 Å². The van der Waals surface area contributed by atoms with E-state index < -0.39 is 0 Å². The van der Waals surface area contributed by atoms with Gasteiger partial charge in [0.05, 0.1) is 0 Å². The quantitative estimate of drug-likeness (QED) is 0.851. The van der Waals surface area contributed by atoms with Crippen molar-refractivity contribution in [1.82, 2.24) is 9.80 Å². The molecule has 3 nitrogen and oxygen atoms in total. The maximum atomic E-state index is 13.4. The van der Waals surface area contributed by atoms with Gasteiger partial charge < -0.3 is 4.90 Å². The Hall–Kier alpha value is -2.20. The van der Waals surface area contributed by atoms with E-state index >= 15 is 0 Å². The summed E-state index contributed by atoms with van der Waals surface area (Å²) in [4.78, 5) is 16.9. The molecule has 1 fully saturated rings. The van der Waals surface area contributed by atoms with Gasteiger partial charge in [-0.05, 0) is 29.7 Å². The summed E-state index contributed by atoms with van der Waals surface area (Å²) in [6, 6.07) is 15.2. The van der Waals surface area contributed by atoms with Crippen molar-refractivity contribution >= 4 is 5.91 Å². The van der Waals surface area contributed by atoms with E-state index in [9.17, 15) is 9.18 Å². The van der Waals surface area contributed by atoms with Gasteiger partial charge in [-0.3, -0.25) is 9.69 Å². The number of carbonyl (C=O) groups is 1. The highest BCUT2D eigenvalue weighted by molar-refractivity contribution is 5.97. The fourth-order valence-corrected chi connectivity index (χ4v) is 3.68. The van der Waals surface area contributed by atoms with Gasteiger partial charge in [0.1, 0.15) is 5.82 Å². The smallest absolute Gasteiger partial charge is 0.254 e. The van der Waals surface area contributed by atoms with Gasteiger partial charge in [-0.25, -0.2) is 4.39 Å². The van der Waals surface area contributed by atoms with Gasteiger partial charge in [-0.15, -0.1) is 0 Å². The highest BCUT2D eigenvalue weighted by atomic mass is 19.1. The molecule has 4 rings (SSSR count). The number of carbonyl (C=O) groups excluding carboxylic acids is 1. The number of hydrogen-bond donors (Lipinski definition) is 0. The van der Waals surface area contributed by atoms with Crippen molar-refractivity contribution in [3.63, 3.8) is 0 Å². The Morgan fingerprint density at radius 1 is 1.09 bits per heavy atom. The zero-order chi connectivity index (χ0) is 15.8. The fraction of sp³-hybridized carbons (Fsp3) is 0.316. The van der Waals surface area contributed by atoms with Gasteiger partial charge in [0, 0.05) is 37.8 Å². The molecule has 2 aliphatic heterocycles. The summed E-state index contributed by atoms with van der Waals surface area (Å²) in [5.41, 5.74) is 2.81. The van der Waals surface area contributed by atoms with Crippen LogP contribution in [0.4, 0.5) is 4.39 Å². The van der Waals surface area contributed by atoms with E-state index in [0.717, 1.165) is 31.6 Å².